The van der Waals surface area contributed by atoms with Crippen LogP contribution in [0.2, 0.25) is 0 Å². The molecule has 18 heavy (non-hydrogen) atoms. The molecule has 2 heterocycles. The molecule has 2 N–H and O–H groups in total. The molecule has 1 atom stereocenters. The summed E-state index contributed by atoms with van der Waals surface area (Å²) >= 11 is 0. The third kappa shape index (κ3) is 2.25. The number of methoxy groups -OCH3 is 2. The zero-order valence-electron chi connectivity index (χ0n) is 10.5. The lowest BCUT2D eigenvalue weighted by atomic mass is 10.1. The first-order valence-electron chi connectivity index (χ1n) is 5.34. The molecular formula is C11H15N5O2. The SMILES string of the molecule is COc1cnc(C(N)c2cnn(C)c2)c(OC)n1. The average Bonchev–Trinajstić information content (AvgIpc) is 2.83. The summed E-state index contributed by atoms with van der Waals surface area (Å²) < 4.78 is 11.8. The molecule has 2 aromatic heterocycles. The number of aryl methyl sites for hydroxylation is 1. The van der Waals surface area contributed by atoms with E-state index in [1.54, 1.807) is 10.9 Å². The molecule has 96 valence electrons. The van der Waals surface area contributed by atoms with E-state index < -0.39 is 6.04 Å². The van der Waals surface area contributed by atoms with Gasteiger partial charge in [0.05, 0.1) is 32.7 Å². The Kier molecular flexibility index (Phi) is 3.42. The third-order valence-corrected chi connectivity index (χ3v) is 2.53. The molecule has 7 heteroatoms. The maximum Gasteiger partial charge on any atom is 0.240 e. The van der Waals surface area contributed by atoms with Gasteiger partial charge in [0.1, 0.15) is 5.69 Å². The maximum atomic E-state index is 6.12. The molecule has 1 unspecified atom stereocenters. The number of ether oxygens (including phenoxy) is 2. The smallest absolute Gasteiger partial charge is 0.240 e. The van der Waals surface area contributed by atoms with Crippen molar-refractivity contribution in [1.29, 1.82) is 0 Å². The summed E-state index contributed by atoms with van der Waals surface area (Å²) in [5.41, 5.74) is 7.51. The van der Waals surface area contributed by atoms with Gasteiger partial charge in [0.2, 0.25) is 11.8 Å². The Morgan fingerprint density at radius 3 is 2.61 bits per heavy atom. The van der Waals surface area contributed by atoms with E-state index in [0.717, 1.165) is 5.56 Å². The number of nitrogens with two attached hydrogens (primary N) is 1. The van der Waals surface area contributed by atoms with Crippen LogP contribution in [-0.4, -0.2) is 34.0 Å². The zero-order valence-corrected chi connectivity index (χ0v) is 10.5. The minimum absolute atomic E-state index is 0.353. The van der Waals surface area contributed by atoms with Gasteiger partial charge >= 0.3 is 0 Å². The van der Waals surface area contributed by atoms with E-state index in [0.29, 0.717) is 17.5 Å². The van der Waals surface area contributed by atoms with Gasteiger partial charge in [-0.25, -0.2) is 4.98 Å². The van der Waals surface area contributed by atoms with E-state index in [-0.39, 0.29) is 0 Å². The monoisotopic (exact) mass is 249 g/mol. The molecule has 0 aromatic carbocycles. The van der Waals surface area contributed by atoms with Crippen molar-refractivity contribution < 1.29 is 9.47 Å². The molecule has 0 spiro atoms. The summed E-state index contributed by atoms with van der Waals surface area (Å²) in [5, 5.41) is 4.08. The second kappa shape index (κ2) is 5.01. The summed E-state index contributed by atoms with van der Waals surface area (Å²) in [7, 11) is 4.86. The van der Waals surface area contributed by atoms with Gasteiger partial charge in [-0.2, -0.15) is 10.1 Å². The molecule has 0 radical (unpaired) electrons. The van der Waals surface area contributed by atoms with Crippen molar-refractivity contribution in [2.45, 2.75) is 6.04 Å². The second-order valence-corrected chi connectivity index (χ2v) is 3.73. The lowest BCUT2D eigenvalue weighted by molar-refractivity contribution is 0.355. The molecule has 0 aliphatic heterocycles. The Labute approximate surface area is 105 Å². The highest BCUT2D eigenvalue weighted by Gasteiger charge is 2.19. The van der Waals surface area contributed by atoms with Crippen LogP contribution >= 0.6 is 0 Å². The van der Waals surface area contributed by atoms with E-state index in [9.17, 15) is 0 Å². The first-order valence-corrected chi connectivity index (χ1v) is 5.34. The predicted octanol–water partition coefficient (Wildman–Crippen LogP) is 0.275. The van der Waals surface area contributed by atoms with E-state index >= 15 is 0 Å². The average molecular weight is 249 g/mol. The molecule has 7 nitrogen and oxygen atoms in total. The summed E-state index contributed by atoms with van der Waals surface area (Å²) in [6.45, 7) is 0. The van der Waals surface area contributed by atoms with Crippen molar-refractivity contribution in [1.82, 2.24) is 19.7 Å². The van der Waals surface area contributed by atoms with Crippen LogP contribution in [0.4, 0.5) is 0 Å². The highest BCUT2D eigenvalue weighted by molar-refractivity contribution is 5.32. The third-order valence-electron chi connectivity index (χ3n) is 2.53. The maximum absolute atomic E-state index is 6.12. The summed E-state index contributed by atoms with van der Waals surface area (Å²) in [5.74, 6) is 0.736. The minimum Gasteiger partial charge on any atom is -0.480 e. The van der Waals surface area contributed by atoms with Crippen LogP contribution in [0.15, 0.2) is 18.6 Å². The first-order chi connectivity index (χ1) is 8.65. The number of rotatable bonds is 4. The normalized spacial score (nSPS) is 12.2. The Morgan fingerprint density at radius 2 is 2.06 bits per heavy atom. The Morgan fingerprint density at radius 1 is 1.28 bits per heavy atom. The zero-order chi connectivity index (χ0) is 13.1. The number of nitrogens with zero attached hydrogens (tertiary/aromatic N) is 4. The summed E-state index contributed by atoms with van der Waals surface area (Å²) in [6, 6.07) is -0.438. The van der Waals surface area contributed by atoms with Crippen molar-refractivity contribution in [2.24, 2.45) is 12.8 Å². The number of hydrogen-bond acceptors (Lipinski definition) is 6. The lowest BCUT2D eigenvalue weighted by Gasteiger charge is -2.12. The van der Waals surface area contributed by atoms with Crippen molar-refractivity contribution >= 4 is 0 Å². The fraction of sp³-hybridized carbons (Fsp3) is 0.364. The van der Waals surface area contributed by atoms with Gasteiger partial charge in [-0.05, 0) is 0 Å². The predicted molar refractivity (Wildman–Crippen MR) is 64.4 cm³/mol. The van der Waals surface area contributed by atoms with Crippen LogP contribution < -0.4 is 15.2 Å². The van der Waals surface area contributed by atoms with E-state index in [4.69, 9.17) is 15.2 Å². The lowest BCUT2D eigenvalue weighted by Crippen LogP contribution is -2.15. The van der Waals surface area contributed by atoms with Gasteiger partial charge in [-0.3, -0.25) is 4.68 Å². The van der Waals surface area contributed by atoms with Crippen molar-refractivity contribution in [3.05, 3.63) is 29.8 Å². The summed E-state index contributed by atoms with van der Waals surface area (Å²) in [4.78, 5) is 8.38. The van der Waals surface area contributed by atoms with Crippen LogP contribution in [0, 0.1) is 0 Å². The van der Waals surface area contributed by atoms with Crippen molar-refractivity contribution in [3.63, 3.8) is 0 Å². The molecule has 0 fully saturated rings. The van der Waals surface area contributed by atoms with Crippen molar-refractivity contribution in [2.75, 3.05) is 14.2 Å². The molecule has 2 aromatic rings. The largest absolute Gasteiger partial charge is 0.480 e. The molecule has 0 bridgehead atoms. The molecule has 0 saturated carbocycles. The molecule has 2 rings (SSSR count). The second-order valence-electron chi connectivity index (χ2n) is 3.73. The van der Waals surface area contributed by atoms with Crippen LogP contribution in [0.3, 0.4) is 0 Å². The van der Waals surface area contributed by atoms with Gasteiger partial charge < -0.3 is 15.2 Å². The molecular weight excluding hydrogens is 234 g/mol. The van der Waals surface area contributed by atoms with Crippen LogP contribution in [0.1, 0.15) is 17.3 Å². The fourth-order valence-corrected chi connectivity index (χ4v) is 1.59. The van der Waals surface area contributed by atoms with Gasteiger partial charge in [0.15, 0.2) is 0 Å². The molecule has 0 aliphatic carbocycles. The van der Waals surface area contributed by atoms with Crippen molar-refractivity contribution in [3.8, 4) is 11.8 Å². The van der Waals surface area contributed by atoms with E-state index in [1.807, 2.05) is 13.2 Å². The Balaban J connectivity index is 2.38. The van der Waals surface area contributed by atoms with Gasteiger partial charge in [-0.1, -0.05) is 0 Å². The first kappa shape index (κ1) is 12.3. The van der Waals surface area contributed by atoms with Gasteiger partial charge in [0, 0.05) is 18.8 Å². The fourth-order valence-electron chi connectivity index (χ4n) is 1.59. The van der Waals surface area contributed by atoms with E-state index in [2.05, 4.69) is 15.1 Å². The van der Waals surface area contributed by atoms with Crippen LogP contribution in [-0.2, 0) is 7.05 Å². The summed E-state index contributed by atoms with van der Waals surface area (Å²) in [6.07, 6.45) is 5.03. The highest BCUT2D eigenvalue weighted by atomic mass is 16.5. The minimum atomic E-state index is -0.438. The standard InChI is InChI=1S/C11H15N5O2/c1-16-6-7(4-14-16)9(12)10-11(18-3)15-8(17-2)5-13-10/h4-6,9H,12H2,1-3H3. The Hall–Kier alpha value is -2.15. The molecule has 0 saturated heterocycles. The Bertz CT molecular complexity index is 540. The number of aromatic nitrogens is 4. The van der Waals surface area contributed by atoms with Gasteiger partial charge in [-0.15, -0.1) is 0 Å². The van der Waals surface area contributed by atoms with Crippen LogP contribution in [0.5, 0.6) is 11.8 Å². The van der Waals surface area contributed by atoms with Crippen LogP contribution in [0.25, 0.3) is 0 Å². The highest BCUT2D eigenvalue weighted by Crippen LogP contribution is 2.25. The number of hydrogen-bond donors (Lipinski definition) is 1. The topological polar surface area (TPSA) is 88.1 Å². The molecule has 0 amide bonds. The quantitative estimate of drug-likeness (QED) is 0.837. The molecule has 0 aliphatic rings. The van der Waals surface area contributed by atoms with Gasteiger partial charge in [0.25, 0.3) is 0 Å². The van der Waals surface area contributed by atoms with E-state index in [1.165, 1.54) is 20.4 Å².